The lowest BCUT2D eigenvalue weighted by molar-refractivity contribution is 0.122. The predicted octanol–water partition coefficient (Wildman–Crippen LogP) is 1.50. The maximum Gasteiger partial charge on any atom is 0.125 e. The van der Waals surface area contributed by atoms with E-state index >= 15 is 0 Å². The highest BCUT2D eigenvalue weighted by molar-refractivity contribution is 5.09. The molecule has 5 heteroatoms. The van der Waals surface area contributed by atoms with Gasteiger partial charge in [0.15, 0.2) is 0 Å². The van der Waals surface area contributed by atoms with E-state index in [1.54, 1.807) is 0 Å². The van der Waals surface area contributed by atoms with E-state index in [9.17, 15) is 0 Å². The molecule has 3 rings (SSSR count). The number of hydrogen-bond acceptors (Lipinski definition) is 5. The van der Waals surface area contributed by atoms with E-state index in [0.717, 1.165) is 45.1 Å². The second-order valence-corrected chi connectivity index (χ2v) is 5.55. The normalized spacial score (nSPS) is 17.0. The summed E-state index contributed by atoms with van der Waals surface area (Å²) in [6.45, 7) is 8.29. The van der Waals surface area contributed by atoms with Crippen LogP contribution in [0.4, 0.5) is 0 Å². The van der Waals surface area contributed by atoms with E-state index in [-0.39, 0.29) is 0 Å². The van der Waals surface area contributed by atoms with Gasteiger partial charge in [-0.1, -0.05) is 0 Å². The van der Waals surface area contributed by atoms with Crippen LogP contribution >= 0.6 is 0 Å². The minimum absolute atomic E-state index is 0.834. The Morgan fingerprint density at radius 3 is 1.95 bits per heavy atom. The molecular weight excluding hydrogens is 262 g/mol. The molecule has 110 valence electrons. The average molecular weight is 283 g/mol. The lowest BCUT2D eigenvalue weighted by atomic mass is 10.2. The summed E-state index contributed by atoms with van der Waals surface area (Å²) >= 11 is 0. The van der Waals surface area contributed by atoms with Gasteiger partial charge < -0.3 is 0 Å². The van der Waals surface area contributed by atoms with Crippen molar-refractivity contribution >= 4 is 0 Å². The summed E-state index contributed by atoms with van der Waals surface area (Å²) in [5.74, 6) is 0.834. The summed E-state index contributed by atoms with van der Waals surface area (Å²) in [5.41, 5.74) is 2.54. The zero-order valence-corrected chi connectivity index (χ0v) is 12.4. The Bertz CT molecular complexity index is 547. The quantitative estimate of drug-likeness (QED) is 0.851. The number of hydrogen-bond donors (Lipinski definition) is 0. The monoisotopic (exact) mass is 283 g/mol. The summed E-state index contributed by atoms with van der Waals surface area (Å²) in [4.78, 5) is 17.6. The molecule has 1 aliphatic heterocycles. The highest BCUT2D eigenvalue weighted by Gasteiger charge is 2.17. The van der Waals surface area contributed by atoms with Crippen LogP contribution in [0.3, 0.4) is 0 Å². The van der Waals surface area contributed by atoms with Gasteiger partial charge in [0.25, 0.3) is 0 Å². The number of rotatable bonds is 4. The first-order valence-corrected chi connectivity index (χ1v) is 7.41. The third kappa shape index (κ3) is 4.06. The zero-order chi connectivity index (χ0) is 14.5. The fourth-order valence-corrected chi connectivity index (χ4v) is 2.61. The van der Waals surface area contributed by atoms with Crippen molar-refractivity contribution in [2.75, 3.05) is 26.2 Å². The van der Waals surface area contributed by atoms with Gasteiger partial charge >= 0.3 is 0 Å². The number of nitrogens with zero attached hydrogens (tertiary/aromatic N) is 5. The van der Waals surface area contributed by atoms with Gasteiger partial charge in [-0.05, 0) is 24.6 Å². The molecule has 21 heavy (non-hydrogen) atoms. The second kappa shape index (κ2) is 6.74. The van der Waals surface area contributed by atoms with Crippen LogP contribution in [-0.4, -0.2) is 50.9 Å². The molecule has 0 atom stereocenters. The van der Waals surface area contributed by atoms with Crippen LogP contribution in [0.15, 0.2) is 36.9 Å². The van der Waals surface area contributed by atoms with Gasteiger partial charge in [0.05, 0.1) is 0 Å². The summed E-state index contributed by atoms with van der Waals surface area (Å²) in [7, 11) is 0. The van der Waals surface area contributed by atoms with Crippen LogP contribution in [0.2, 0.25) is 0 Å². The molecule has 0 radical (unpaired) electrons. The molecule has 1 aliphatic rings. The van der Waals surface area contributed by atoms with Crippen LogP contribution in [-0.2, 0) is 13.1 Å². The smallest absolute Gasteiger partial charge is 0.125 e. The van der Waals surface area contributed by atoms with Gasteiger partial charge in [0, 0.05) is 69.6 Å². The first-order valence-electron chi connectivity index (χ1n) is 7.41. The van der Waals surface area contributed by atoms with Crippen molar-refractivity contribution in [1.29, 1.82) is 0 Å². The molecule has 1 fully saturated rings. The molecule has 2 aromatic rings. The standard InChI is InChI=1S/C16H21N5/c1-14-18-10-16(11-19-14)13-21-8-6-20(7-9-21)12-15-2-4-17-5-3-15/h2-5,10-11H,6-9,12-13H2,1H3. The molecule has 3 heterocycles. The second-order valence-electron chi connectivity index (χ2n) is 5.55. The maximum absolute atomic E-state index is 4.26. The molecule has 0 bridgehead atoms. The fraction of sp³-hybridized carbons (Fsp3) is 0.438. The van der Waals surface area contributed by atoms with Crippen LogP contribution in [0, 0.1) is 6.92 Å². The van der Waals surface area contributed by atoms with Crippen molar-refractivity contribution < 1.29 is 0 Å². The summed E-state index contributed by atoms with van der Waals surface area (Å²) < 4.78 is 0. The van der Waals surface area contributed by atoms with Gasteiger partial charge in [0.1, 0.15) is 5.82 Å². The van der Waals surface area contributed by atoms with Gasteiger partial charge in [-0.3, -0.25) is 14.8 Å². The van der Waals surface area contributed by atoms with Gasteiger partial charge in [-0.25, -0.2) is 9.97 Å². The SMILES string of the molecule is Cc1ncc(CN2CCN(Cc3ccncc3)CC2)cn1. The van der Waals surface area contributed by atoms with E-state index in [1.165, 1.54) is 11.1 Å². The van der Waals surface area contributed by atoms with Crippen molar-refractivity contribution in [1.82, 2.24) is 24.8 Å². The van der Waals surface area contributed by atoms with E-state index in [1.807, 2.05) is 31.7 Å². The average Bonchev–Trinajstić information content (AvgIpc) is 2.53. The van der Waals surface area contributed by atoms with E-state index in [4.69, 9.17) is 0 Å². The van der Waals surface area contributed by atoms with Gasteiger partial charge in [-0.15, -0.1) is 0 Å². The molecule has 2 aromatic heterocycles. The van der Waals surface area contributed by atoms with Crippen molar-refractivity contribution in [3.05, 3.63) is 53.9 Å². The summed E-state index contributed by atoms with van der Waals surface area (Å²) in [6.07, 6.45) is 7.60. The lowest BCUT2D eigenvalue weighted by Crippen LogP contribution is -2.45. The van der Waals surface area contributed by atoms with E-state index in [2.05, 4.69) is 36.9 Å². The van der Waals surface area contributed by atoms with Crippen LogP contribution in [0.5, 0.6) is 0 Å². The third-order valence-electron chi connectivity index (χ3n) is 3.86. The Kier molecular flexibility index (Phi) is 4.52. The molecule has 0 aliphatic carbocycles. The third-order valence-corrected chi connectivity index (χ3v) is 3.86. The first kappa shape index (κ1) is 14.1. The Morgan fingerprint density at radius 1 is 0.857 bits per heavy atom. The first-order chi connectivity index (χ1) is 10.3. The summed E-state index contributed by atoms with van der Waals surface area (Å²) in [5, 5.41) is 0. The molecular formula is C16H21N5. The minimum Gasteiger partial charge on any atom is -0.297 e. The molecule has 0 aromatic carbocycles. The Hall–Kier alpha value is -1.85. The number of pyridine rings is 1. The topological polar surface area (TPSA) is 45.2 Å². The van der Waals surface area contributed by atoms with Crippen LogP contribution in [0.1, 0.15) is 17.0 Å². The maximum atomic E-state index is 4.26. The van der Waals surface area contributed by atoms with Crippen molar-refractivity contribution in [2.24, 2.45) is 0 Å². The highest BCUT2D eigenvalue weighted by Crippen LogP contribution is 2.10. The predicted molar refractivity (Wildman–Crippen MR) is 81.6 cm³/mol. The highest BCUT2D eigenvalue weighted by atomic mass is 15.3. The van der Waals surface area contributed by atoms with Crippen molar-refractivity contribution in [2.45, 2.75) is 20.0 Å². The molecule has 1 saturated heterocycles. The largest absolute Gasteiger partial charge is 0.297 e. The van der Waals surface area contributed by atoms with Crippen LogP contribution in [0.25, 0.3) is 0 Å². The number of aryl methyl sites for hydroxylation is 1. The molecule has 0 saturated carbocycles. The van der Waals surface area contributed by atoms with E-state index in [0.29, 0.717) is 0 Å². The molecule has 0 N–H and O–H groups in total. The van der Waals surface area contributed by atoms with Crippen molar-refractivity contribution in [3.8, 4) is 0 Å². The molecule has 5 nitrogen and oxygen atoms in total. The molecule has 0 spiro atoms. The number of aromatic nitrogens is 3. The lowest BCUT2D eigenvalue weighted by Gasteiger charge is -2.34. The van der Waals surface area contributed by atoms with Gasteiger partial charge in [-0.2, -0.15) is 0 Å². The molecule has 0 unspecified atom stereocenters. The summed E-state index contributed by atoms with van der Waals surface area (Å²) in [6, 6.07) is 4.19. The Labute approximate surface area is 125 Å². The van der Waals surface area contributed by atoms with E-state index < -0.39 is 0 Å². The van der Waals surface area contributed by atoms with Crippen molar-refractivity contribution in [3.63, 3.8) is 0 Å². The Balaban J connectivity index is 1.47. The molecule has 0 amide bonds. The number of piperazine rings is 1. The Morgan fingerprint density at radius 2 is 1.38 bits per heavy atom. The van der Waals surface area contributed by atoms with Gasteiger partial charge in [0.2, 0.25) is 0 Å². The van der Waals surface area contributed by atoms with Crippen LogP contribution < -0.4 is 0 Å². The zero-order valence-electron chi connectivity index (χ0n) is 12.4. The fourth-order valence-electron chi connectivity index (χ4n) is 2.61. The minimum atomic E-state index is 0.834.